The summed E-state index contributed by atoms with van der Waals surface area (Å²) in [6.07, 6.45) is 15.0. The number of piperidine rings is 3. The summed E-state index contributed by atoms with van der Waals surface area (Å²) in [5, 5.41) is 25.5. The van der Waals surface area contributed by atoms with Gasteiger partial charge in [0.15, 0.2) is 0 Å². The normalized spacial score (nSPS) is 22.3. The number of aromatic nitrogens is 3. The lowest BCUT2D eigenvalue weighted by molar-refractivity contribution is -0.690. The molecular formula is C51H105N10O+. The molecule has 4 rings (SSSR count). The van der Waals surface area contributed by atoms with E-state index in [0.29, 0.717) is 12.1 Å². The maximum Gasteiger partial charge on any atom is 0.371 e. The van der Waals surface area contributed by atoms with Crippen LogP contribution >= 0.6 is 0 Å². The minimum absolute atomic E-state index is 0.0538. The van der Waals surface area contributed by atoms with Gasteiger partial charge in [0.05, 0.1) is 11.6 Å². The van der Waals surface area contributed by atoms with Crippen LogP contribution in [0, 0.1) is 12.3 Å². The van der Waals surface area contributed by atoms with Crippen molar-refractivity contribution in [2.24, 2.45) is 5.41 Å². The second-order valence-electron chi connectivity index (χ2n) is 25.6. The molecule has 3 fully saturated rings. The number of aryl methyl sites for hydroxylation is 1. The minimum Gasteiger partial charge on any atom is -0.397 e. The summed E-state index contributed by atoms with van der Waals surface area (Å²) in [5.41, 5.74) is 1.14. The van der Waals surface area contributed by atoms with Crippen LogP contribution in [-0.4, -0.2) is 122 Å². The van der Waals surface area contributed by atoms with E-state index in [2.05, 4.69) is 179 Å². The molecule has 3 aliphatic heterocycles. The Morgan fingerprint density at radius 2 is 1.02 bits per heavy atom. The van der Waals surface area contributed by atoms with Crippen LogP contribution in [0.3, 0.4) is 0 Å². The molecule has 364 valence electrons. The van der Waals surface area contributed by atoms with Gasteiger partial charge in [-0.2, -0.15) is 0 Å². The Hall–Kier alpha value is -1.63. The Morgan fingerprint density at radius 3 is 1.40 bits per heavy atom. The standard InChI is InChI=1S/C37H72N8.C12H26N2.C2H6O/c1-28-38-27-45(31(39-28)40-37(13,14)26-32(2,3)4)44(30-24-35(9,10)42-36(11,12)25-30)21-19-17-16-18-20-43(15)29-22-33(5,6)41-34(7,8)23-29;1-7-14(6)10-8-11(2,3)13-12(4,5)9-10;1-2-3/h27,29-30,41-42H,16-26H2,1-15H3;10,13H,7-9H2,1-6H3;3H,2H2,1H3/p+1. The molecule has 0 bridgehead atoms. The summed E-state index contributed by atoms with van der Waals surface area (Å²) in [6, 6.07) is 1.76. The van der Waals surface area contributed by atoms with E-state index >= 15 is 0 Å². The number of aliphatic hydroxyl groups is 1. The number of rotatable bonds is 15. The van der Waals surface area contributed by atoms with Crippen LogP contribution in [-0.2, 0) is 0 Å². The van der Waals surface area contributed by atoms with Crippen molar-refractivity contribution in [1.29, 1.82) is 0 Å². The van der Waals surface area contributed by atoms with Gasteiger partial charge >= 0.3 is 5.95 Å². The summed E-state index contributed by atoms with van der Waals surface area (Å²) in [7, 11) is 4.58. The van der Waals surface area contributed by atoms with E-state index in [1.54, 1.807) is 6.92 Å². The molecule has 0 atom stereocenters. The Morgan fingerprint density at radius 1 is 0.645 bits per heavy atom. The fraction of sp³-hybridized carbons (Fsp3) is 0.941. The van der Waals surface area contributed by atoms with Gasteiger partial charge in [-0.3, -0.25) is 10.3 Å². The highest BCUT2D eigenvalue weighted by Crippen LogP contribution is 2.34. The van der Waals surface area contributed by atoms with Crippen molar-refractivity contribution in [3.05, 3.63) is 12.2 Å². The van der Waals surface area contributed by atoms with Crippen LogP contribution in [0.5, 0.6) is 0 Å². The van der Waals surface area contributed by atoms with E-state index in [-0.39, 0.29) is 50.8 Å². The van der Waals surface area contributed by atoms with Crippen LogP contribution in [0.2, 0.25) is 0 Å². The summed E-state index contributed by atoms with van der Waals surface area (Å²) >= 11 is 0. The number of hydrogen-bond donors (Lipinski definition) is 5. The molecule has 1 aromatic heterocycles. The van der Waals surface area contributed by atoms with Gasteiger partial charge in [-0.05, 0) is 194 Å². The van der Waals surface area contributed by atoms with Crippen LogP contribution in [0.15, 0.2) is 6.33 Å². The first-order chi connectivity index (χ1) is 28.0. The van der Waals surface area contributed by atoms with E-state index in [1.807, 2.05) is 13.3 Å². The highest BCUT2D eigenvalue weighted by molar-refractivity contribution is 5.23. The Balaban J connectivity index is 0.000000649. The zero-order chi connectivity index (χ0) is 47.8. The molecule has 0 unspecified atom stereocenters. The average molecular weight is 874 g/mol. The first-order valence-electron chi connectivity index (χ1n) is 24.7. The van der Waals surface area contributed by atoms with Gasteiger partial charge in [0, 0.05) is 65.4 Å². The lowest BCUT2D eigenvalue weighted by Gasteiger charge is -2.49. The third-order valence-electron chi connectivity index (χ3n) is 12.9. The second-order valence-corrected chi connectivity index (χ2v) is 25.6. The first-order valence-corrected chi connectivity index (χ1v) is 24.7. The zero-order valence-electron chi connectivity index (χ0n) is 45.0. The number of hydrogen-bond acceptors (Lipinski definition) is 10. The van der Waals surface area contributed by atoms with E-state index in [1.165, 1.54) is 51.5 Å². The maximum absolute atomic E-state index is 7.57. The molecule has 0 amide bonds. The largest absolute Gasteiger partial charge is 0.397 e. The third kappa shape index (κ3) is 20.3. The first kappa shape index (κ1) is 56.5. The minimum atomic E-state index is -0.107. The van der Waals surface area contributed by atoms with Gasteiger partial charge in [0.25, 0.3) is 0 Å². The van der Waals surface area contributed by atoms with Crippen molar-refractivity contribution in [2.45, 2.75) is 266 Å². The van der Waals surface area contributed by atoms with Crippen molar-refractivity contribution < 1.29 is 9.78 Å². The molecule has 0 spiro atoms. The van der Waals surface area contributed by atoms with Crippen molar-refractivity contribution >= 4 is 5.95 Å². The Labute approximate surface area is 384 Å². The monoisotopic (exact) mass is 874 g/mol. The lowest BCUT2D eigenvalue weighted by atomic mass is 9.79. The van der Waals surface area contributed by atoms with E-state index in [9.17, 15) is 0 Å². The number of nitrogens with zero attached hydrogens (tertiary/aromatic N) is 6. The number of anilines is 1. The highest BCUT2D eigenvalue weighted by Gasteiger charge is 2.43. The van der Waals surface area contributed by atoms with Crippen LogP contribution < -0.4 is 31.0 Å². The summed E-state index contributed by atoms with van der Waals surface area (Å²) in [6.45, 7) is 49.1. The van der Waals surface area contributed by atoms with E-state index in [0.717, 1.165) is 56.6 Å². The van der Waals surface area contributed by atoms with Gasteiger partial charge in [-0.1, -0.05) is 45.5 Å². The molecule has 11 heteroatoms. The average Bonchev–Trinajstić information content (AvgIpc) is 3.03. The van der Waals surface area contributed by atoms with E-state index < -0.39 is 0 Å². The lowest BCUT2D eigenvalue weighted by Crippen LogP contribution is -2.71. The molecule has 5 N–H and O–H groups in total. The quantitative estimate of drug-likeness (QED) is 0.0867. The topological polar surface area (TPSA) is 108 Å². The van der Waals surface area contributed by atoms with Crippen molar-refractivity contribution in [3.63, 3.8) is 0 Å². The Kier molecular flexibility index (Phi) is 20.3. The third-order valence-corrected chi connectivity index (χ3v) is 12.9. The Bertz CT molecular complexity index is 1430. The van der Waals surface area contributed by atoms with Gasteiger partial charge in [-0.15, -0.1) is 9.66 Å². The highest BCUT2D eigenvalue weighted by atomic mass is 16.2. The summed E-state index contributed by atoms with van der Waals surface area (Å²) < 4.78 is 2.26. The van der Waals surface area contributed by atoms with Gasteiger partial charge in [0.1, 0.15) is 0 Å². The smallest absolute Gasteiger partial charge is 0.371 e. The predicted octanol–water partition coefficient (Wildman–Crippen LogP) is 8.99. The van der Waals surface area contributed by atoms with Crippen LogP contribution in [0.4, 0.5) is 5.95 Å². The number of nitrogens with one attached hydrogen (secondary N) is 4. The number of aliphatic hydroxyl groups excluding tert-OH is 1. The fourth-order valence-corrected chi connectivity index (χ4v) is 11.9. The van der Waals surface area contributed by atoms with Crippen molar-refractivity contribution in [3.8, 4) is 0 Å². The molecule has 0 aromatic carbocycles. The molecule has 11 nitrogen and oxygen atoms in total. The molecule has 62 heavy (non-hydrogen) atoms. The molecule has 3 aliphatic rings. The van der Waals surface area contributed by atoms with E-state index in [4.69, 9.17) is 15.1 Å². The summed E-state index contributed by atoms with van der Waals surface area (Å²) in [4.78, 5) is 14.8. The predicted molar refractivity (Wildman–Crippen MR) is 267 cm³/mol. The van der Waals surface area contributed by atoms with Crippen LogP contribution in [0.25, 0.3) is 0 Å². The second kappa shape index (κ2) is 22.2. The molecule has 0 radical (unpaired) electrons. The summed E-state index contributed by atoms with van der Waals surface area (Å²) in [5.74, 6) is 1.70. The molecule has 0 aliphatic carbocycles. The maximum atomic E-state index is 7.57. The SMILES string of the molecule is CCN(C)C1CC(C)(C)NC(C)(C)C1.CCO.Cc1nc[n+](N(CCCCCCN(C)C2CC(C)(C)NC(C)(C)C2)C2CC(C)(C)NC(C)(C)C2)c(NC(C)(C)CC(C)(C)C)n1. The molecule has 4 heterocycles. The molecular weight excluding hydrogens is 769 g/mol. The van der Waals surface area contributed by atoms with Gasteiger partial charge < -0.3 is 30.9 Å². The molecule has 1 aromatic rings. The zero-order valence-corrected chi connectivity index (χ0v) is 45.0. The van der Waals surface area contributed by atoms with Gasteiger partial charge in [0.2, 0.25) is 12.2 Å². The van der Waals surface area contributed by atoms with Crippen molar-refractivity contribution in [2.75, 3.05) is 50.7 Å². The molecule has 0 saturated carbocycles. The van der Waals surface area contributed by atoms with Crippen LogP contribution in [0.1, 0.15) is 208 Å². The van der Waals surface area contributed by atoms with Gasteiger partial charge in [-0.25, -0.2) is 0 Å². The number of unbranched alkanes of at least 4 members (excludes halogenated alkanes) is 3. The fourth-order valence-electron chi connectivity index (χ4n) is 11.9. The van der Waals surface area contributed by atoms with Crippen molar-refractivity contribution in [1.82, 2.24) is 35.7 Å². The molecule has 3 saturated heterocycles.